The lowest BCUT2D eigenvalue weighted by atomic mass is 10.1. The van der Waals surface area contributed by atoms with Gasteiger partial charge in [-0.15, -0.1) is 0 Å². The number of esters is 2. The highest BCUT2D eigenvalue weighted by Crippen LogP contribution is 2.19. The summed E-state index contributed by atoms with van der Waals surface area (Å²) in [6.45, 7) is 14.7. The van der Waals surface area contributed by atoms with Crippen LogP contribution in [0.2, 0.25) is 0 Å². The predicted molar refractivity (Wildman–Crippen MR) is 74.7 cm³/mol. The molecule has 0 aliphatic carbocycles. The molecule has 0 spiro atoms. The summed E-state index contributed by atoms with van der Waals surface area (Å²) >= 11 is 0. The van der Waals surface area contributed by atoms with Crippen LogP contribution in [0.4, 0.5) is 0 Å². The Hall–Kier alpha value is -1.32. The van der Waals surface area contributed by atoms with Crippen molar-refractivity contribution >= 4 is 11.9 Å². The zero-order chi connectivity index (χ0) is 15.3. The molecule has 0 radical (unpaired) electrons. The van der Waals surface area contributed by atoms with E-state index in [0.29, 0.717) is 12.8 Å². The molecule has 0 fully saturated rings. The van der Waals surface area contributed by atoms with E-state index >= 15 is 0 Å². The smallest absolute Gasteiger partial charge is 0.334 e. The lowest BCUT2D eigenvalue weighted by molar-refractivity contribution is -0.159. The Balaban J connectivity index is 4.39. The first-order valence-electron chi connectivity index (χ1n) is 6.66. The summed E-state index contributed by atoms with van der Waals surface area (Å²) in [5.41, 5.74) is -0.949. The molecule has 0 aliphatic rings. The highest BCUT2D eigenvalue weighted by atomic mass is 16.6. The van der Waals surface area contributed by atoms with Gasteiger partial charge in [0.05, 0.1) is 6.42 Å². The van der Waals surface area contributed by atoms with Crippen molar-refractivity contribution in [2.75, 3.05) is 0 Å². The van der Waals surface area contributed by atoms with E-state index in [9.17, 15) is 9.59 Å². The number of carbonyl (C=O) groups is 2. The van der Waals surface area contributed by atoms with Gasteiger partial charge in [0.15, 0.2) is 0 Å². The fourth-order valence-electron chi connectivity index (χ4n) is 1.06. The number of carbonyl (C=O) groups excluding carboxylic acids is 2. The van der Waals surface area contributed by atoms with Crippen LogP contribution < -0.4 is 0 Å². The Kier molecular flexibility index (Phi) is 6.27. The molecule has 0 aromatic heterocycles. The van der Waals surface area contributed by atoms with Crippen LogP contribution in [0.1, 0.15) is 60.8 Å². The van der Waals surface area contributed by atoms with Crippen molar-refractivity contribution in [3.63, 3.8) is 0 Å². The highest BCUT2D eigenvalue weighted by Gasteiger charge is 2.25. The van der Waals surface area contributed by atoms with Gasteiger partial charge in [-0.2, -0.15) is 0 Å². The molecule has 0 heterocycles. The monoisotopic (exact) mass is 270 g/mol. The first-order chi connectivity index (χ1) is 8.53. The van der Waals surface area contributed by atoms with Crippen LogP contribution in [0, 0.1) is 0 Å². The Labute approximate surface area is 116 Å². The molecule has 4 heteroatoms. The predicted octanol–water partition coefficient (Wildman–Crippen LogP) is 3.40. The Morgan fingerprint density at radius 1 is 0.947 bits per heavy atom. The molecular weight excluding hydrogens is 244 g/mol. The van der Waals surface area contributed by atoms with Crippen molar-refractivity contribution in [1.82, 2.24) is 0 Å². The van der Waals surface area contributed by atoms with Gasteiger partial charge in [0.1, 0.15) is 11.2 Å². The average molecular weight is 270 g/mol. The standard InChI is InChI=1S/C15H26O4/c1-8-14(4,5)18-12(16)10-11(3)13(17)19-15(6,7)9-2/h3,8-10H2,1-2,4-7H3. The molecule has 0 rings (SSSR count). The lowest BCUT2D eigenvalue weighted by Crippen LogP contribution is -2.30. The molecule has 0 aliphatic heterocycles. The van der Waals surface area contributed by atoms with Gasteiger partial charge in [0.25, 0.3) is 0 Å². The Morgan fingerprint density at radius 3 is 1.79 bits per heavy atom. The third-order valence-corrected chi connectivity index (χ3v) is 3.11. The van der Waals surface area contributed by atoms with Crippen molar-refractivity contribution in [1.29, 1.82) is 0 Å². The molecule has 0 aromatic carbocycles. The fraction of sp³-hybridized carbons (Fsp3) is 0.733. The zero-order valence-electron chi connectivity index (χ0n) is 13.0. The van der Waals surface area contributed by atoms with Crippen LogP contribution >= 0.6 is 0 Å². The van der Waals surface area contributed by atoms with E-state index in [1.807, 2.05) is 41.5 Å². The number of hydrogen-bond donors (Lipinski definition) is 0. The quantitative estimate of drug-likeness (QED) is 0.525. The Morgan fingerprint density at radius 2 is 1.37 bits per heavy atom. The van der Waals surface area contributed by atoms with E-state index in [4.69, 9.17) is 9.47 Å². The fourth-order valence-corrected chi connectivity index (χ4v) is 1.06. The minimum atomic E-state index is -0.549. The van der Waals surface area contributed by atoms with Gasteiger partial charge in [-0.1, -0.05) is 20.4 Å². The van der Waals surface area contributed by atoms with E-state index in [0.717, 1.165) is 0 Å². The van der Waals surface area contributed by atoms with Crippen LogP contribution in [0.25, 0.3) is 0 Å². The lowest BCUT2D eigenvalue weighted by Gasteiger charge is -2.25. The van der Waals surface area contributed by atoms with Gasteiger partial charge in [0, 0.05) is 5.57 Å². The molecule has 4 nitrogen and oxygen atoms in total. The molecule has 0 N–H and O–H groups in total. The van der Waals surface area contributed by atoms with Crippen molar-refractivity contribution in [2.45, 2.75) is 72.0 Å². The first kappa shape index (κ1) is 17.7. The van der Waals surface area contributed by atoms with Crippen molar-refractivity contribution in [2.24, 2.45) is 0 Å². The van der Waals surface area contributed by atoms with Gasteiger partial charge in [-0.25, -0.2) is 4.79 Å². The van der Waals surface area contributed by atoms with Gasteiger partial charge < -0.3 is 9.47 Å². The van der Waals surface area contributed by atoms with Crippen LogP contribution in [0.5, 0.6) is 0 Å². The molecule has 0 saturated carbocycles. The van der Waals surface area contributed by atoms with E-state index in [2.05, 4.69) is 6.58 Å². The second-order valence-corrected chi connectivity index (χ2v) is 5.87. The number of rotatable bonds is 7. The van der Waals surface area contributed by atoms with Crippen molar-refractivity contribution < 1.29 is 19.1 Å². The van der Waals surface area contributed by atoms with Crippen LogP contribution in [0.15, 0.2) is 12.2 Å². The van der Waals surface area contributed by atoms with Crippen LogP contribution in [0.3, 0.4) is 0 Å². The number of ether oxygens (including phenoxy) is 2. The maximum atomic E-state index is 11.8. The van der Waals surface area contributed by atoms with Crippen LogP contribution in [-0.4, -0.2) is 23.1 Å². The topological polar surface area (TPSA) is 52.6 Å². The minimum Gasteiger partial charge on any atom is -0.459 e. The molecule has 0 aromatic rings. The number of hydrogen-bond acceptors (Lipinski definition) is 4. The van der Waals surface area contributed by atoms with Crippen molar-refractivity contribution in [3.05, 3.63) is 12.2 Å². The van der Waals surface area contributed by atoms with Gasteiger partial charge in [-0.05, 0) is 40.5 Å². The Bertz CT molecular complexity index is 353. The second-order valence-electron chi connectivity index (χ2n) is 5.87. The molecule has 0 unspecified atom stereocenters. The van der Waals surface area contributed by atoms with E-state index in [-0.39, 0.29) is 12.0 Å². The highest BCUT2D eigenvalue weighted by molar-refractivity contribution is 5.93. The SMILES string of the molecule is C=C(CC(=O)OC(C)(C)CC)C(=O)OC(C)(C)CC. The zero-order valence-corrected chi connectivity index (χ0v) is 13.0. The summed E-state index contributed by atoms with van der Waals surface area (Å²) in [6.07, 6.45) is 1.26. The van der Waals surface area contributed by atoms with E-state index in [1.54, 1.807) is 0 Å². The van der Waals surface area contributed by atoms with Gasteiger partial charge in [-0.3, -0.25) is 4.79 Å². The molecule has 0 bridgehead atoms. The molecule has 19 heavy (non-hydrogen) atoms. The third-order valence-electron chi connectivity index (χ3n) is 3.11. The summed E-state index contributed by atoms with van der Waals surface area (Å²) in [7, 11) is 0. The maximum absolute atomic E-state index is 11.8. The van der Waals surface area contributed by atoms with Crippen LogP contribution in [-0.2, 0) is 19.1 Å². The van der Waals surface area contributed by atoms with Gasteiger partial charge in [0.2, 0.25) is 0 Å². The summed E-state index contributed by atoms with van der Waals surface area (Å²) in [6, 6.07) is 0. The van der Waals surface area contributed by atoms with E-state index in [1.165, 1.54) is 0 Å². The summed E-state index contributed by atoms with van der Waals surface area (Å²) in [4.78, 5) is 23.4. The summed E-state index contributed by atoms with van der Waals surface area (Å²) in [5.74, 6) is -0.999. The summed E-state index contributed by atoms with van der Waals surface area (Å²) < 4.78 is 10.5. The molecule has 0 atom stereocenters. The maximum Gasteiger partial charge on any atom is 0.334 e. The minimum absolute atomic E-state index is 0.124. The second kappa shape index (κ2) is 6.73. The molecule has 110 valence electrons. The van der Waals surface area contributed by atoms with Crippen molar-refractivity contribution in [3.8, 4) is 0 Å². The molecule has 0 amide bonds. The normalized spacial score (nSPS) is 11.9. The van der Waals surface area contributed by atoms with E-state index < -0.39 is 23.1 Å². The third kappa shape index (κ3) is 6.99. The largest absolute Gasteiger partial charge is 0.459 e. The molecule has 0 saturated heterocycles. The summed E-state index contributed by atoms with van der Waals surface area (Å²) in [5, 5.41) is 0. The van der Waals surface area contributed by atoms with Gasteiger partial charge >= 0.3 is 11.9 Å². The average Bonchev–Trinajstić information content (AvgIpc) is 2.27. The molecular formula is C15H26O4. The first-order valence-corrected chi connectivity index (χ1v) is 6.66.